The van der Waals surface area contributed by atoms with Crippen molar-refractivity contribution in [1.29, 1.82) is 0 Å². The Hall–Kier alpha value is -2.96. The van der Waals surface area contributed by atoms with Crippen molar-refractivity contribution in [2.75, 3.05) is 31.6 Å². The molecule has 0 aromatic heterocycles. The molecule has 1 unspecified atom stereocenters. The van der Waals surface area contributed by atoms with Crippen LogP contribution in [0.3, 0.4) is 0 Å². The first-order valence-corrected chi connectivity index (χ1v) is 18.2. The number of rotatable bonds is 10. The molecule has 2 saturated heterocycles. The molecule has 6 atom stereocenters. The van der Waals surface area contributed by atoms with Crippen molar-refractivity contribution in [3.05, 3.63) is 71.3 Å². The quantitative estimate of drug-likeness (QED) is 0.220. The number of carbonyl (C=O) groups is 1. The van der Waals surface area contributed by atoms with Crippen LogP contribution < -0.4 is 4.90 Å². The van der Waals surface area contributed by atoms with Gasteiger partial charge in [-0.25, -0.2) is 19.4 Å². The Kier molecular flexibility index (Phi) is 9.02. The smallest absolute Gasteiger partial charge is 0.305 e. The molecule has 6 rings (SSSR count). The summed E-state index contributed by atoms with van der Waals surface area (Å²) in [5, 5.41) is -0.196. The first kappa shape index (κ1) is 32.0. The summed E-state index contributed by atoms with van der Waals surface area (Å²) in [5.41, 5.74) is 0.928. The third kappa shape index (κ3) is 6.13. The van der Waals surface area contributed by atoms with Crippen molar-refractivity contribution < 1.29 is 22.3 Å². The van der Waals surface area contributed by atoms with Crippen LogP contribution in [-0.4, -0.2) is 63.4 Å². The first-order chi connectivity index (χ1) is 21.6. The maximum Gasteiger partial charge on any atom is 0.305 e. The lowest BCUT2D eigenvalue weighted by molar-refractivity contribution is -0.142. The highest BCUT2D eigenvalue weighted by Crippen LogP contribution is 2.55. The minimum absolute atomic E-state index is 0.0299. The van der Waals surface area contributed by atoms with Crippen molar-refractivity contribution >= 4 is 21.5 Å². The van der Waals surface area contributed by atoms with E-state index in [2.05, 4.69) is 28.5 Å². The maximum absolute atomic E-state index is 14.7. The molecule has 2 aromatic carbocycles. The van der Waals surface area contributed by atoms with E-state index in [0.29, 0.717) is 17.2 Å². The summed E-state index contributed by atoms with van der Waals surface area (Å²) in [6, 6.07) is 14.6. The van der Waals surface area contributed by atoms with Crippen LogP contribution in [-0.2, 0) is 24.9 Å². The fourth-order valence-electron chi connectivity index (χ4n) is 8.84. The Labute approximate surface area is 267 Å². The van der Waals surface area contributed by atoms with E-state index in [1.807, 2.05) is 18.2 Å². The van der Waals surface area contributed by atoms with E-state index in [0.717, 1.165) is 75.8 Å². The molecule has 2 aromatic rings. The number of halogens is 1. The molecule has 0 amide bonds. The molecule has 0 N–H and O–H groups in total. The first-order valence-electron chi connectivity index (χ1n) is 16.6. The summed E-state index contributed by atoms with van der Waals surface area (Å²) in [5.74, 6) is 0.00434. The van der Waals surface area contributed by atoms with Crippen molar-refractivity contribution in [3.8, 4) is 0 Å². The van der Waals surface area contributed by atoms with Crippen LogP contribution in [0.5, 0.6) is 0 Å². The molecule has 45 heavy (non-hydrogen) atoms. The van der Waals surface area contributed by atoms with E-state index in [1.54, 1.807) is 24.3 Å². The van der Waals surface area contributed by atoms with Gasteiger partial charge in [0.15, 0.2) is 9.84 Å². The minimum Gasteiger partial charge on any atom is -0.469 e. The van der Waals surface area contributed by atoms with Crippen LogP contribution in [0.1, 0.15) is 70.8 Å². The zero-order valence-corrected chi connectivity index (χ0v) is 27.5. The Morgan fingerprint density at radius 2 is 1.73 bits per heavy atom. The third-order valence-electron chi connectivity index (χ3n) is 11.3. The third-order valence-corrected chi connectivity index (χ3v) is 13.6. The van der Waals surface area contributed by atoms with E-state index in [-0.39, 0.29) is 46.9 Å². The molecule has 4 fully saturated rings. The van der Waals surface area contributed by atoms with Gasteiger partial charge in [0, 0.05) is 67.1 Å². The van der Waals surface area contributed by atoms with Crippen LogP contribution >= 0.6 is 0 Å². The van der Waals surface area contributed by atoms with Crippen LogP contribution in [0, 0.1) is 36.1 Å². The van der Waals surface area contributed by atoms with Gasteiger partial charge in [-0.15, -0.1) is 0 Å². The average Bonchev–Trinajstić information content (AvgIpc) is 3.77. The molecule has 4 aliphatic rings. The lowest BCUT2D eigenvalue weighted by atomic mass is 9.61. The molecule has 9 heteroatoms. The molecule has 2 heterocycles. The molecule has 7 nitrogen and oxygen atoms in total. The zero-order chi connectivity index (χ0) is 31.9. The number of hydrogen-bond acceptors (Lipinski definition) is 6. The second-order valence-electron chi connectivity index (χ2n) is 14.1. The largest absolute Gasteiger partial charge is 0.469 e. The van der Waals surface area contributed by atoms with E-state index in [9.17, 15) is 17.6 Å². The Morgan fingerprint density at radius 1 is 1.04 bits per heavy atom. The number of anilines is 1. The Balaban J connectivity index is 1.15. The number of carbonyl (C=O) groups excluding carboxylic acids is 1. The molecule has 0 radical (unpaired) electrons. The van der Waals surface area contributed by atoms with E-state index in [4.69, 9.17) is 11.3 Å². The second kappa shape index (κ2) is 12.7. The Bertz CT molecular complexity index is 1520. The summed E-state index contributed by atoms with van der Waals surface area (Å²) in [6.45, 7) is 16.0. The Morgan fingerprint density at radius 3 is 2.33 bits per heavy atom. The fourth-order valence-corrected chi connectivity index (χ4v) is 10.5. The highest BCUT2D eigenvalue weighted by molar-refractivity contribution is 7.92. The number of hydrogen-bond donors (Lipinski definition) is 0. The van der Waals surface area contributed by atoms with E-state index >= 15 is 0 Å². The SMILES string of the molecule is [C-]#[N+][C@@](c1cccc(F)c1)(C1C[C@@H](C)N(CC2CN(c3ccc(S(=O)(=O)C4CC4)cc3)C2)[C@@H](C)C1)[C@H]1CCC[C@@H]1CC(=O)OC. The molecular formula is C36H46FN3O4S. The van der Waals surface area contributed by atoms with Crippen molar-refractivity contribution in [2.45, 2.75) is 93.0 Å². The number of ether oxygens (including phenoxy) is 1. The molecule has 0 spiro atoms. The van der Waals surface area contributed by atoms with Gasteiger partial charge in [-0.2, -0.15) is 0 Å². The zero-order valence-electron chi connectivity index (χ0n) is 26.7. The number of likely N-dealkylation sites (tertiary alicyclic amines) is 1. The van der Waals surface area contributed by atoms with Gasteiger partial charge in [0.05, 0.1) is 17.3 Å². The normalized spacial score (nSPS) is 29.0. The molecule has 2 aliphatic heterocycles. The number of esters is 1. The monoisotopic (exact) mass is 635 g/mol. The van der Waals surface area contributed by atoms with Gasteiger partial charge in [-0.3, -0.25) is 9.69 Å². The average molecular weight is 636 g/mol. The van der Waals surface area contributed by atoms with Crippen molar-refractivity contribution in [1.82, 2.24) is 4.90 Å². The predicted molar refractivity (Wildman–Crippen MR) is 173 cm³/mol. The van der Waals surface area contributed by atoms with E-state index < -0.39 is 15.4 Å². The summed E-state index contributed by atoms with van der Waals surface area (Å²) < 4.78 is 44.9. The molecule has 2 saturated carbocycles. The van der Waals surface area contributed by atoms with Gasteiger partial charge in [0.25, 0.3) is 5.54 Å². The van der Waals surface area contributed by atoms with Crippen molar-refractivity contribution in [2.24, 2.45) is 23.7 Å². The highest BCUT2D eigenvalue weighted by Gasteiger charge is 2.59. The maximum atomic E-state index is 14.7. The van der Waals surface area contributed by atoms with Gasteiger partial charge in [-0.1, -0.05) is 18.6 Å². The van der Waals surface area contributed by atoms with Gasteiger partial charge in [-0.05, 0) is 94.7 Å². The van der Waals surface area contributed by atoms with Gasteiger partial charge in [0.2, 0.25) is 0 Å². The van der Waals surface area contributed by atoms with Crippen LogP contribution in [0.4, 0.5) is 10.1 Å². The lowest BCUT2D eigenvalue weighted by Crippen LogP contribution is -2.58. The minimum atomic E-state index is -3.17. The molecule has 242 valence electrons. The van der Waals surface area contributed by atoms with Crippen LogP contribution in [0.2, 0.25) is 0 Å². The summed E-state index contributed by atoms with van der Waals surface area (Å²) in [6.07, 6.45) is 6.23. The summed E-state index contributed by atoms with van der Waals surface area (Å²) in [7, 11) is -1.76. The molecule has 0 bridgehead atoms. The van der Waals surface area contributed by atoms with Gasteiger partial charge < -0.3 is 14.5 Å². The standard InChI is InChI=1S/C36H46FN3O4S/c1-24-17-29(36(38-3,28-8-6-9-30(37)20-28)34-10-5-7-27(34)19-35(41)44-4)18-25(2)40(24)23-26-21-39(22-26)31-11-13-32(14-12-31)45(42,43)33-15-16-33/h6,8-9,11-14,20,24-27,29,33-34H,5,7,10,15-19,21-23H2,1-2,4H3/t24-,25+,27-,29?,34+,36+/m1/s1. The topological polar surface area (TPSA) is 71.3 Å². The second-order valence-corrected chi connectivity index (χ2v) is 16.3. The lowest BCUT2D eigenvalue weighted by Gasteiger charge is -2.50. The number of methoxy groups -OCH3 is 1. The highest BCUT2D eigenvalue weighted by atomic mass is 32.2. The number of piperidine rings is 1. The predicted octanol–water partition coefficient (Wildman–Crippen LogP) is 6.48. The van der Waals surface area contributed by atoms with Crippen LogP contribution in [0.15, 0.2) is 53.4 Å². The van der Waals surface area contributed by atoms with E-state index in [1.165, 1.54) is 13.2 Å². The van der Waals surface area contributed by atoms with Gasteiger partial charge >= 0.3 is 5.97 Å². The summed E-state index contributed by atoms with van der Waals surface area (Å²) >= 11 is 0. The molecular weight excluding hydrogens is 589 g/mol. The number of nitrogens with zero attached hydrogens (tertiary/aromatic N) is 3. The van der Waals surface area contributed by atoms with Crippen LogP contribution in [0.25, 0.3) is 4.85 Å². The number of sulfone groups is 1. The number of benzene rings is 2. The molecule has 2 aliphatic carbocycles. The van der Waals surface area contributed by atoms with Crippen molar-refractivity contribution in [3.63, 3.8) is 0 Å². The summed E-state index contributed by atoms with van der Waals surface area (Å²) in [4.78, 5) is 22.2. The van der Waals surface area contributed by atoms with Gasteiger partial charge in [0.1, 0.15) is 5.82 Å². The fraction of sp³-hybridized carbons (Fsp3) is 0.611.